The Morgan fingerprint density at radius 3 is 2.48 bits per heavy atom. The second-order valence-electron chi connectivity index (χ2n) is 5.46. The Balaban J connectivity index is 1.92. The highest BCUT2D eigenvalue weighted by molar-refractivity contribution is 9.10. The number of aromatic nitrogens is 1. The van der Waals surface area contributed by atoms with E-state index in [1.54, 1.807) is 17.6 Å². The third-order valence-corrected chi connectivity index (χ3v) is 4.44. The third kappa shape index (κ3) is 3.64. The number of benzene rings is 2. The second-order valence-corrected chi connectivity index (χ2v) is 6.26. The standard InChI is InChI=1S/C19H14BrF2NO2/c1-12-9-17(25-11-13-7-8-14(21)10-16(13)22)18(20)19(24)23(12)15-5-3-2-4-6-15/h2-10H,11H2,1H3. The van der Waals surface area contributed by atoms with Crippen LogP contribution in [0.1, 0.15) is 11.3 Å². The van der Waals surface area contributed by atoms with Gasteiger partial charge in [-0.1, -0.05) is 18.2 Å². The Bertz CT molecular complexity index is 971. The molecule has 25 heavy (non-hydrogen) atoms. The van der Waals surface area contributed by atoms with Gasteiger partial charge in [-0.05, 0) is 47.1 Å². The van der Waals surface area contributed by atoms with Gasteiger partial charge in [0.1, 0.15) is 28.5 Å². The number of halogens is 3. The van der Waals surface area contributed by atoms with E-state index in [9.17, 15) is 13.6 Å². The Kier molecular flexibility index (Phi) is 4.99. The van der Waals surface area contributed by atoms with Crippen LogP contribution in [0.4, 0.5) is 8.78 Å². The van der Waals surface area contributed by atoms with E-state index in [0.717, 1.165) is 17.8 Å². The van der Waals surface area contributed by atoms with Gasteiger partial charge in [0.15, 0.2) is 0 Å². The normalized spacial score (nSPS) is 10.7. The maximum Gasteiger partial charge on any atom is 0.273 e. The first-order valence-electron chi connectivity index (χ1n) is 7.51. The zero-order valence-electron chi connectivity index (χ0n) is 13.3. The molecular formula is C19H14BrF2NO2. The van der Waals surface area contributed by atoms with Gasteiger partial charge in [0, 0.05) is 29.1 Å². The molecule has 0 aliphatic carbocycles. The van der Waals surface area contributed by atoms with E-state index in [4.69, 9.17) is 4.74 Å². The number of para-hydroxylation sites is 1. The lowest BCUT2D eigenvalue weighted by atomic mass is 10.2. The minimum absolute atomic E-state index is 0.112. The van der Waals surface area contributed by atoms with Crippen LogP contribution in [-0.4, -0.2) is 4.57 Å². The minimum atomic E-state index is -0.689. The SMILES string of the molecule is Cc1cc(OCc2ccc(F)cc2F)c(Br)c(=O)n1-c1ccccc1. The van der Waals surface area contributed by atoms with Crippen LogP contribution in [0, 0.1) is 18.6 Å². The van der Waals surface area contributed by atoms with Gasteiger partial charge >= 0.3 is 0 Å². The monoisotopic (exact) mass is 405 g/mol. The first kappa shape index (κ1) is 17.4. The van der Waals surface area contributed by atoms with Crippen LogP contribution in [0.3, 0.4) is 0 Å². The average Bonchev–Trinajstić information content (AvgIpc) is 2.59. The molecule has 0 aliphatic heterocycles. The topological polar surface area (TPSA) is 31.2 Å². The van der Waals surface area contributed by atoms with Crippen molar-refractivity contribution in [2.45, 2.75) is 13.5 Å². The highest BCUT2D eigenvalue weighted by Gasteiger charge is 2.14. The van der Waals surface area contributed by atoms with E-state index in [1.807, 2.05) is 30.3 Å². The number of pyridine rings is 1. The van der Waals surface area contributed by atoms with E-state index < -0.39 is 11.6 Å². The summed E-state index contributed by atoms with van der Waals surface area (Å²) < 4.78 is 34.0. The predicted octanol–water partition coefficient (Wildman–Crippen LogP) is 4.77. The van der Waals surface area contributed by atoms with Crippen molar-refractivity contribution in [1.29, 1.82) is 0 Å². The second kappa shape index (κ2) is 7.19. The molecule has 0 radical (unpaired) electrons. The summed E-state index contributed by atoms with van der Waals surface area (Å²) in [7, 11) is 0. The van der Waals surface area contributed by atoms with Crippen LogP contribution < -0.4 is 10.3 Å². The summed E-state index contributed by atoms with van der Waals surface area (Å²) in [5, 5.41) is 0. The molecule has 0 N–H and O–H groups in total. The number of hydrogen-bond donors (Lipinski definition) is 0. The summed E-state index contributed by atoms with van der Waals surface area (Å²) in [4.78, 5) is 12.6. The molecular weight excluding hydrogens is 392 g/mol. The molecule has 0 aliphatic rings. The molecule has 0 bridgehead atoms. The minimum Gasteiger partial charge on any atom is -0.487 e. The summed E-state index contributed by atoms with van der Waals surface area (Å²) in [6, 6.07) is 14.2. The van der Waals surface area contributed by atoms with Crippen LogP contribution in [0.5, 0.6) is 5.75 Å². The van der Waals surface area contributed by atoms with Crippen LogP contribution in [0.25, 0.3) is 5.69 Å². The molecule has 0 saturated heterocycles. The molecule has 0 spiro atoms. The molecule has 6 heteroatoms. The zero-order chi connectivity index (χ0) is 18.0. The Labute approximate surface area is 151 Å². The van der Waals surface area contributed by atoms with Crippen molar-refractivity contribution in [2.24, 2.45) is 0 Å². The molecule has 3 rings (SSSR count). The van der Waals surface area contributed by atoms with Gasteiger partial charge < -0.3 is 4.74 Å². The summed E-state index contributed by atoms with van der Waals surface area (Å²) in [5.41, 5.74) is 1.34. The quantitative estimate of drug-likeness (QED) is 0.626. The number of ether oxygens (including phenoxy) is 1. The first-order chi connectivity index (χ1) is 12.0. The van der Waals surface area contributed by atoms with Crippen LogP contribution >= 0.6 is 15.9 Å². The van der Waals surface area contributed by atoms with Gasteiger partial charge in [-0.25, -0.2) is 8.78 Å². The first-order valence-corrected chi connectivity index (χ1v) is 8.31. The van der Waals surface area contributed by atoms with Crippen molar-refractivity contribution in [3.05, 3.63) is 92.3 Å². The molecule has 0 fully saturated rings. The smallest absolute Gasteiger partial charge is 0.273 e. The molecule has 3 nitrogen and oxygen atoms in total. The van der Waals surface area contributed by atoms with Gasteiger partial charge in [0.25, 0.3) is 5.56 Å². The van der Waals surface area contributed by atoms with E-state index in [1.165, 1.54) is 6.07 Å². The fourth-order valence-corrected chi connectivity index (χ4v) is 2.88. The van der Waals surface area contributed by atoms with E-state index in [-0.39, 0.29) is 22.2 Å². The third-order valence-electron chi connectivity index (χ3n) is 3.71. The highest BCUT2D eigenvalue weighted by atomic mass is 79.9. The van der Waals surface area contributed by atoms with Crippen molar-refractivity contribution >= 4 is 15.9 Å². The maximum absolute atomic E-state index is 13.7. The molecule has 2 aromatic carbocycles. The van der Waals surface area contributed by atoms with Gasteiger partial charge in [0.2, 0.25) is 0 Å². The summed E-state index contributed by atoms with van der Waals surface area (Å²) >= 11 is 3.25. The van der Waals surface area contributed by atoms with Gasteiger partial charge in [0.05, 0.1) is 0 Å². The Morgan fingerprint density at radius 1 is 1.08 bits per heavy atom. The Morgan fingerprint density at radius 2 is 1.80 bits per heavy atom. The van der Waals surface area contributed by atoms with E-state index >= 15 is 0 Å². The summed E-state index contributed by atoms with van der Waals surface area (Å²) in [6.45, 7) is 1.67. The van der Waals surface area contributed by atoms with Crippen LogP contribution in [0.2, 0.25) is 0 Å². The zero-order valence-corrected chi connectivity index (χ0v) is 14.9. The predicted molar refractivity (Wildman–Crippen MR) is 95.2 cm³/mol. The fraction of sp³-hybridized carbons (Fsp3) is 0.105. The molecule has 1 heterocycles. The van der Waals surface area contributed by atoms with Gasteiger partial charge in [-0.2, -0.15) is 0 Å². The van der Waals surface area contributed by atoms with Crippen molar-refractivity contribution in [1.82, 2.24) is 4.57 Å². The van der Waals surface area contributed by atoms with Gasteiger partial charge in [-0.3, -0.25) is 9.36 Å². The lowest BCUT2D eigenvalue weighted by Crippen LogP contribution is -2.22. The molecule has 0 amide bonds. The summed E-state index contributed by atoms with van der Waals surface area (Å²) in [6.07, 6.45) is 0. The Hall–Kier alpha value is -2.47. The molecule has 0 unspecified atom stereocenters. The van der Waals surface area contributed by atoms with Crippen molar-refractivity contribution < 1.29 is 13.5 Å². The van der Waals surface area contributed by atoms with Gasteiger partial charge in [-0.15, -0.1) is 0 Å². The molecule has 1 aromatic heterocycles. The van der Waals surface area contributed by atoms with Crippen molar-refractivity contribution in [3.63, 3.8) is 0 Å². The number of hydrogen-bond acceptors (Lipinski definition) is 2. The highest BCUT2D eigenvalue weighted by Crippen LogP contribution is 2.25. The van der Waals surface area contributed by atoms with E-state index in [2.05, 4.69) is 15.9 Å². The van der Waals surface area contributed by atoms with E-state index in [0.29, 0.717) is 11.4 Å². The van der Waals surface area contributed by atoms with Crippen LogP contribution in [0.15, 0.2) is 63.9 Å². The summed E-state index contributed by atoms with van der Waals surface area (Å²) in [5.74, 6) is -1.03. The largest absolute Gasteiger partial charge is 0.487 e. The molecule has 3 aromatic rings. The molecule has 0 atom stereocenters. The number of nitrogens with zero attached hydrogens (tertiary/aromatic N) is 1. The maximum atomic E-state index is 13.7. The number of rotatable bonds is 4. The fourth-order valence-electron chi connectivity index (χ4n) is 2.48. The van der Waals surface area contributed by atoms with Crippen molar-refractivity contribution in [2.75, 3.05) is 0 Å². The lowest BCUT2D eigenvalue weighted by Gasteiger charge is -2.14. The lowest BCUT2D eigenvalue weighted by molar-refractivity contribution is 0.296. The molecule has 0 saturated carbocycles. The van der Waals surface area contributed by atoms with Crippen molar-refractivity contribution in [3.8, 4) is 11.4 Å². The molecule has 128 valence electrons. The van der Waals surface area contributed by atoms with Crippen LogP contribution in [-0.2, 0) is 6.61 Å². The average molecular weight is 406 g/mol. The number of aryl methyl sites for hydroxylation is 1.